The molecule has 27 heavy (non-hydrogen) atoms. The zero-order valence-electron chi connectivity index (χ0n) is 14.9. The number of aromatic nitrogens is 2. The summed E-state index contributed by atoms with van der Waals surface area (Å²) in [4.78, 5) is 12.4. The molecule has 0 saturated carbocycles. The average molecular weight is 450 g/mol. The lowest BCUT2D eigenvalue weighted by Gasteiger charge is -2.09. The SMILES string of the molecule is CCn1ncc(Br)c1C(=O)/C=C/c1ccc(COc2c(C)cccc2Cl)o1. The fraction of sp³-hybridized carbons (Fsp3) is 0.200. The lowest BCUT2D eigenvalue weighted by atomic mass is 10.2. The first-order valence-electron chi connectivity index (χ1n) is 8.40. The van der Waals surface area contributed by atoms with Crippen LogP contribution >= 0.6 is 27.5 Å². The van der Waals surface area contributed by atoms with Gasteiger partial charge in [0.15, 0.2) is 0 Å². The van der Waals surface area contributed by atoms with Crippen LogP contribution in [0.25, 0.3) is 6.08 Å². The van der Waals surface area contributed by atoms with E-state index in [0.29, 0.717) is 39.0 Å². The summed E-state index contributed by atoms with van der Waals surface area (Å²) in [6.45, 7) is 4.73. The fourth-order valence-corrected chi connectivity index (χ4v) is 3.36. The highest BCUT2D eigenvalue weighted by molar-refractivity contribution is 9.10. The fourth-order valence-electron chi connectivity index (χ4n) is 2.59. The van der Waals surface area contributed by atoms with E-state index in [1.165, 1.54) is 6.08 Å². The van der Waals surface area contributed by atoms with Crippen LogP contribution < -0.4 is 4.74 Å². The molecule has 3 aromatic rings. The van der Waals surface area contributed by atoms with Crippen LogP contribution in [0.15, 0.2) is 51.5 Å². The molecule has 0 bridgehead atoms. The molecule has 3 rings (SSSR count). The van der Waals surface area contributed by atoms with Gasteiger partial charge in [-0.3, -0.25) is 9.48 Å². The van der Waals surface area contributed by atoms with E-state index in [4.69, 9.17) is 20.8 Å². The summed E-state index contributed by atoms with van der Waals surface area (Å²) >= 11 is 9.51. The van der Waals surface area contributed by atoms with E-state index in [-0.39, 0.29) is 12.4 Å². The molecule has 0 fully saturated rings. The third-order valence-corrected chi connectivity index (χ3v) is 4.81. The second-order valence-corrected chi connectivity index (χ2v) is 7.09. The number of carbonyl (C=O) groups is 1. The molecule has 0 amide bonds. The number of nitrogens with zero attached hydrogens (tertiary/aromatic N) is 2. The molecule has 7 heteroatoms. The largest absolute Gasteiger partial charge is 0.484 e. The van der Waals surface area contributed by atoms with Gasteiger partial charge in [0.2, 0.25) is 5.78 Å². The number of aryl methyl sites for hydroxylation is 2. The molecule has 0 unspecified atom stereocenters. The Morgan fingerprint density at radius 2 is 2.19 bits per heavy atom. The molecular formula is C20H18BrClN2O3. The van der Waals surface area contributed by atoms with E-state index < -0.39 is 0 Å². The molecule has 0 saturated heterocycles. The lowest BCUT2D eigenvalue weighted by Crippen LogP contribution is -2.07. The highest BCUT2D eigenvalue weighted by atomic mass is 79.9. The maximum absolute atomic E-state index is 12.4. The van der Waals surface area contributed by atoms with Gasteiger partial charge in [0.25, 0.3) is 0 Å². The van der Waals surface area contributed by atoms with Crippen molar-refractivity contribution in [3.8, 4) is 5.75 Å². The molecule has 0 aliphatic heterocycles. The van der Waals surface area contributed by atoms with Gasteiger partial charge in [-0.05, 0) is 65.7 Å². The minimum Gasteiger partial charge on any atom is -0.484 e. The molecular weight excluding hydrogens is 432 g/mol. The van der Waals surface area contributed by atoms with Gasteiger partial charge in [0.1, 0.15) is 29.6 Å². The number of rotatable bonds is 7. The van der Waals surface area contributed by atoms with Crippen molar-refractivity contribution in [1.82, 2.24) is 9.78 Å². The third kappa shape index (κ3) is 4.51. The number of allylic oxidation sites excluding steroid dienone is 1. The van der Waals surface area contributed by atoms with Crippen molar-refractivity contribution >= 4 is 39.4 Å². The zero-order chi connectivity index (χ0) is 19.4. The van der Waals surface area contributed by atoms with E-state index in [9.17, 15) is 4.79 Å². The smallest absolute Gasteiger partial charge is 0.205 e. The van der Waals surface area contributed by atoms with Gasteiger partial charge in [-0.1, -0.05) is 23.7 Å². The first-order chi connectivity index (χ1) is 13.0. The molecule has 2 aromatic heterocycles. The Hall–Kier alpha value is -2.31. The maximum Gasteiger partial charge on any atom is 0.205 e. The summed E-state index contributed by atoms with van der Waals surface area (Å²) in [7, 11) is 0. The summed E-state index contributed by atoms with van der Waals surface area (Å²) < 4.78 is 13.8. The van der Waals surface area contributed by atoms with E-state index in [1.54, 1.807) is 29.1 Å². The molecule has 5 nitrogen and oxygen atoms in total. The normalized spacial score (nSPS) is 11.3. The Kier molecular flexibility index (Phi) is 6.19. The molecule has 0 radical (unpaired) electrons. The number of ketones is 1. The first kappa shape index (κ1) is 19.5. The van der Waals surface area contributed by atoms with Gasteiger partial charge in [-0.15, -0.1) is 0 Å². The maximum atomic E-state index is 12.4. The van der Waals surface area contributed by atoms with Crippen LogP contribution in [-0.2, 0) is 13.2 Å². The van der Waals surface area contributed by atoms with Crippen LogP contribution in [0.3, 0.4) is 0 Å². The number of para-hydroxylation sites is 1. The van der Waals surface area contributed by atoms with Crippen LogP contribution in [0.4, 0.5) is 0 Å². The van der Waals surface area contributed by atoms with E-state index in [0.717, 1.165) is 5.56 Å². The van der Waals surface area contributed by atoms with Gasteiger partial charge < -0.3 is 9.15 Å². The van der Waals surface area contributed by atoms with Crippen molar-refractivity contribution in [3.63, 3.8) is 0 Å². The molecule has 0 N–H and O–H groups in total. The van der Waals surface area contributed by atoms with Crippen molar-refractivity contribution in [2.24, 2.45) is 0 Å². The predicted octanol–water partition coefficient (Wildman–Crippen LogP) is 5.70. The van der Waals surface area contributed by atoms with Gasteiger partial charge in [-0.25, -0.2) is 0 Å². The van der Waals surface area contributed by atoms with Gasteiger partial charge in [-0.2, -0.15) is 5.10 Å². The van der Waals surface area contributed by atoms with Crippen LogP contribution in [0.5, 0.6) is 5.75 Å². The predicted molar refractivity (Wildman–Crippen MR) is 108 cm³/mol. The summed E-state index contributed by atoms with van der Waals surface area (Å²) in [5, 5.41) is 4.71. The average Bonchev–Trinajstić information content (AvgIpc) is 3.25. The quantitative estimate of drug-likeness (QED) is 0.343. The first-order valence-corrected chi connectivity index (χ1v) is 9.57. The van der Waals surface area contributed by atoms with E-state index in [1.807, 2.05) is 32.0 Å². The zero-order valence-corrected chi connectivity index (χ0v) is 17.3. The van der Waals surface area contributed by atoms with E-state index >= 15 is 0 Å². The van der Waals surface area contributed by atoms with Gasteiger partial charge in [0.05, 0.1) is 15.7 Å². The van der Waals surface area contributed by atoms with Crippen molar-refractivity contribution in [2.75, 3.05) is 0 Å². The monoisotopic (exact) mass is 448 g/mol. The molecule has 1 aromatic carbocycles. The van der Waals surface area contributed by atoms with Crippen LogP contribution in [0.1, 0.15) is 34.5 Å². The van der Waals surface area contributed by atoms with Gasteiger partial charge >= 0.3 is 0 Å². The number of halogens is 2. The summed E-state index contributed by atoms with van der Waals surface area (Å²) in [5.74, 6) is 1.69. The second kappa shape index (κ2) is 8.59. The number of furan rings is 1. The Bertz CT molecular complexity index is 971. The second-order valence-electron chi connectivity index (χ2n) is 5.83. The third-order valence-electron chi connectivity index (χ3n) is 3.93. The number of benzene rings is 1. The summed E-state index contributed by atoms with van der Waals surface area (Å²) in [6, 6.07) is 9.18. The molecule has 0 spiro atoms. The minimum atomic E-state index is -0.151. The highest BCUT2D eigenvalue weighted by Crippen LogP contribution is 2.29. The van der Waals surface area contributed by atoms with Crippen molar-refractivity contribution < 1.29 is 13.9 Å². The van der Waals surface area contributed by atoms with Crippen molar-refractivity contribution in [3.05, 3.63) is 74.9 Å². The molecule has 140 valence electrons. The number of ether oxygens (including phenoxy) is 1. The molecule has 0 aliphatic rings. The van der Waals surface area contributed by atoms with Crippen molar-refractivity contribution in [1.29, 1.82) is 0 Å². The Labute approximate surface area is 170 Å². The van der Waals surface area contributed by atoms with Crippen LogP contribution in [0, 0.1) is 6.92 Å². The Morgan fingerprint density at radius 1 is 1.37 bits per heavy atom. The summed E-state index contributed by atoms with van der Waals surface area (Å²) in [5.41, 5.74) is 1.47. The lowest BCUT2D eigenvalue weighted by molar-refractivity contribution is 0.103. The number of hydrogen-bond acceptors (Lipinski definition) is 4. The number of hydrogen-bond donors (Lipinski definition) is 0. The minimum absolute atomic E-state index is 0.151. The molecule has 0 atom stereocenters. The topological polar surface area (TPSA) is 57.3 Å². The molecule has 0 aliphatic carbocycles. The standard InChI is InChI=1S/C20H18BrClN2O3/c1-3-24-19(16(21)11-23-24)18(25)10-9-14-7-8-15(27-14)12-26-20-13(2)5-4-6-17(20)22/h4-11H,3,12H2,1-2H3/b10-9+. The van der Waals surface area contributed by atoms with Gasteiger partial charge in [0, 0.05) is 6.54 Å². The van der Waals surface area contributed by atoms with Crippen molar-refractivity contribution in [2.45, 2.75) is 27.0 Å². The summed E-state index contributed by atoms with van der Waals surface area (Å²) in [6.07, 6.45) is 4.71. The van der Waals surface area contributed by atoms with E-state index in [2.05, 4.69) is 21.0 Å². The van der Waals surface area contributed by atoms with Crippen LogP contribution in [0.2, 0.25) is 5.02 Å². The highest BCUT2D eigenvalue weighted by Gasteiger charge is 2.14. The number of carbonyl (C=O) groups excluding carboxylic acids is 1. The Balaban J connectivity index is 1.66. The molecule has 2 heterocycles. The Morgan fingerprint density at radius 3 is 2.93 bits per heavy atom. The van der Waals surface area contributed by atoms with Crippen LogP contribution in [-0.4, -0.2) is 15.6 Å².